The third-order valence-electron chi connectivity index (χ3n) is 2.80. The first-order chi connectivity index (χ1) is 10.2. The third kappa shape index (κ3) is 3.37. The fourth-order valence-corrected chi connectivity index (χ4v) is 2.69. The molecule has 3 rings (SSSR count). The molecule has 0 bridgehead atoms. The van der Waals surface area contributed by atoms with Crippen LogP contribution in [0, 0.1) is 5.21 Å². The quantitative estimate of drug-likeness (QED) is 0.415. The standard InChI is InChI=1S/C15H11ClN2O2S/c16-12-6-4-11(5-7-12)15-17-13(9-20-15)10-21-14-3-1-2-8-18(14)19/h1-9H,10H2. The number of oxazole rings is 1. The van der Waals surface area contributed by atoms with Crippen molar-refractivity contribution in [2.45, 2.75) is 10.8 Å². The van der Waals surface area contributed by atoms with Crippen LogP contribution in [-0.2, 0) is 5.75 Å². The van der Waals surface area contributed by atoms with Gasteiger partial charge in [0.1, 0.15) is 6.26 Å². The Balaban J connectivity index is 1.71. The van der Waals surface area contributed by atoms with Gasteiger partial charge in [-0.3, -0.25) is 0 Å². The predicted molar refractivity (Wildman–Crippen MR) is 81.9 cm³/mol. The molecule has 1 aromatic carbocycles. The number of hydrogen-bond donors (Lipinski definition) is 0. The van der Waals surface area contributed by atoms with Crippen LogP contribution in [0.3, 0.4) is 0 Å². The van der Waals surface area contributed by atoms with Crippen LogP contribution in [0.1, 0.15) is 5.69 Å². The number of hydrogen-bond acceptors (Lipinski definition) is 4. The third-order valence-corrected chi connectivity index (χ3v) is 4.10. The summed E-state index contributed by atoms with van der Waals surface area (Å²) in [5, 5.41) is 12.8. The zero-order chi connectivity index (χ0) is 14.7. The van der Waals surface area contributed by atoms with E-state index in [4.69, 9.17) is 16.0 Å². The van der Waals surface area contributed by atoms with E-state index in [1.54, 1.807) is 30.5 Å². The highest BCUT2D eigenvalue weighted by atomic mass is 35.5. The average Bonchev–Trinajstić information content (AvgIpc) is 2.96. The second kappa shape index (κ2) is 6.20. The Bertz CT molecular complexity index is 743. The average molecular weight is 319 g/mol. The zero-order valence-corrected chi connectivity index (χ0v) is 12.5. The number of pyridine rings is 1. The Morgan fingerprint density at radius 1 is 1.19 bits per heavy atom. The minimum absolute atomic E-state index is 0.547. The molecule has 0 atom stereocenters. The lowest BCUT2D eigenvalue weighted by Gasteiger charge is -2.01. The Hall–Kier alpha value is -1.98. The summed E-state index contributed by atoms with van der Waals surface area (Å²) in [6, 6.07) is 12.6. The largest absolute Gasteiger partial charge is 0.618 e. The topological polar surface area (TPSA) is 53.0 Å². The zero-order valence-electron chi connectivity index (χ0n) is 10.9. The van der Waals surface area contributed by atoms with Crippen molar-refractivity contribution >= 4 is 23.4 Å². The number of nitrogens with zero attached hydrogens (tertiary/aromatic N) is 2. The Kier molecular flexibility index (Phi) is 4.13. The van der Waals surface area contributed by atoms with E-state index < -0.39 is 0 Å². The molecule has 0 unspecified atom stereocenters. The summed E-state index contributed by atoms with van der Waals surface area (Å²) in [6.07, 6.45) is 3.08. The van der Waals surface area contributed by atoms with Crippen LogP contribution in [-0.4, -0.2) is 4.98 Å². The van der Waals surface area contributed by atoms with Gasteiger partial charge in [-0.25, -0.2) is 4.98 Å². The minimum Gasteiger partial charge on any atom is -0.618 e. The van der Waals surface area contributed by atoms with Crippen LogP contribution in [0.2, 0.25) is 5.02 Å². The first-order valence-corrected chi connectivity index (χ1v) is 7.60. The second-order valence-corrected chi connectivity index (χ2v) is 5.74. The highest BCUT2D eigenvalue weighted by Gasteiger charge is 2.10. The number of benzene rings is 1. The molecule has 0 aliphatic rings. The van der Waals surface area contributed by atoms with Crippen LogP contribution in [0.5, 0.6) is 0 Å². The molecule has 2 heterocycles. The summed E-state index contributed by atoms with van der Waals surface area (Å²) in [7, 11) is 0. The van der Waals surface area contributed by atoms with E-state index in [1.807, 2.05) is 18.2 Å². The normalized spacial score (nSPS) is 10.7. The van der Waals surface area contributed by atoms with Gasteiger partial charge in [-0.1, -0.05) is 11.6 Å². The molecule has 0 saturated heterocycles. The maximum absolute atomic E-state index is 11.5. The highest BCUT2D eigenvalue weighted by Crippen LogP contribution is 2.24. The summed E-state index contributed by atoms with van der Waals surface area (Å²) >= 11 is 7.27. The number of rotatable bonds is 4. The maximum atomic E-state index is 11.5. The van der Waals surface area contributed by atoms with E-state index in [2.05, 4.69) is 4.98 Å². The molecule has 106 valence electrons. The molecule has 0 N–H and O–H groups in total. The molecule has 0 saturated carbocycles. The summed E-state index contributed by atoms with van der Waals surface area (Å²) < 4.78 is 6.29. The van der Waals surface area contributed by atoms with Gasteiger partial charge in [0, 0.05) is 28.5 Å². The Morgan fingerprint density at radius 3 is 2.76 bits per heavy atom. The first kappa shape index (κ1) is 14.0. The van der Waals surface area contributed by atoms with Gasteiger partial charge in [0.25, 0.3) is 5.03 Å². The van der Waals surface area contributed by atoms with Gasteiger partial charge in [0.15, 0.2) is 6.20 Å². The number of thioether (sulfide) groups is 1. The van der Waals surface area contributed by atoms with Crippen molar-refractivity contribution in [1.29, 1.82) is 0 Å². The fourth-order valence-electron chi connectivity index (χ4n) is 1.77. The fraction of sp³-hybridized carbons (Fsp3) is 0.0667. The lowest BCUT2D eigenvalue weighted by Crippen LogP contribution is -2.27. The lowest BCUT2D eigenvalue weighted by atomic mass is 10.2. The molecule has 2 aromatic heterocycles. The van der Waals surface area contributed by atoms with Crippen LogP contribution in [0.25, 0.3) is 11.5 Å². The lowest BCUT2D eigenvalue weighted by molar-refractivity contribution is -0.645. The van der Waals surface area contributed by atoms with Gasteiger partial charge >= 0.3 is 0 Å². The highest BCUT2D eigenvalue weighted by molar-refractivity contribution is 7.98. The van der Waals surface area contributed by atoms with Crippen molar-refractivity contribution in [2.75, 3.05) is 0 Å². The molecule has 0 amide bonds. The molecule has 21 heavy (non-hydrogen) atoms. The summed E-state index contributed by atoms with van der Waals surface area (Å²) in [6.45, 7) is 0. The Morgan fingerprint density at radius 2 is 2.00 bits per heavy atom. The minimum atomic E-state index is 0.547. The van der Waals surface area contributed by atoms with Crippen LogP contribution < -0.4 is 4.73 Å². The van der Waals surface area contributed by atoms with Gasteiger partial charge in [-0.15, -0.1) is 0 Å². The van der Waals surface area contributed by atoms with E-state index in [0.717, 1.165) is 16.0 Å². The molecule has 0 aliphatic carbocycles. The Labute approximate surface area is 131 Å². The summed E-state index contributed by atoms with van der Waals surface area (Å²) in [4.78, 5) is 4.41. The van der Waals surface area contributed by atoms with Crippen molar-refractivity contribution in [3.8, 4) is 11.5 Å². The summed E-state index contributed by atoms with van der Waals surface area (Å²) in [5.74, 6) is 1.12. The molecule has 6 heteroatoms. The van der Waals surface area contributed by atoms with Crippen molar-refractivity contribution in [3.05, 3.63) is 70.8 Å². The van der Waals surface area contributed by atoms with Gasteiger partial charge < -0.3 is 9.62 Å². The number of aromatic nitrogens is 2. The van der Waals surface area contributed by atoms with Crippen LogP contribution >= 0.6 is 23.4 Å². The van der Waals surface area contributed by atoms with Gasteiger partial charge in [0.05, 0.1) is 5.69 Å². The van der Waals surface area contributed by atoms with Crippen molar-refractivity contribution < 1.29 is 9.15 Å². The first-order valence-electron chi connectivity index (χ1n) is 6.24. The maximum Gasteiger partial charge on any atom is 0.251 e. The van der Waals surface area contributed by atoms with E-state index in [-0.39, 0.29) is 0 Å². The molecular weight excluding hydrogens is 308 g/mol. The van der Waals surface area contributed by atoms with Crippen molar-refractivity contribution in [1.82, 2.24) is 4.98 Å². The van der Waals surface area contributed by atoms with Gasteiger partial charge in [-0.2, -0.15) is 4.73 Å². The van der Waals surface area contributed by atoms with Crippen LogP contribution in [0.15, 0.2) is 64.4 Å². The van der Waals surface area contributed by atoms with Gasteiger partial charge in [-0.05, 0) is 42.1 Å². The predicted octanol–water partition coefficient (Wildman–Crippen LogP) is 3.92. The van der Waals surface area contributed by atoms with E-state index in [0.29, 0.717) is 21.7 Å². The van der Waals surface area contributed by atoms with E-state index in [1.165, 1.54) is 18.0 Å². The molecule has 0 radical (unpaired) electrons. The smallest absolute Gasteiger partial charge is 0.251 e. The summed E-state index contributed by atoms with van der Waals surface area (Å²) in [5.41, 5.74) is 1.66. The SMILES string of the molecule is [O-][n+]1ccccc1SCc1coc(-c2ccc(Cl)cc2)n1. The number of halogens is 1. The monoisotopic (exact) mass is 318 g/mol. The molecule has 0 aliphatic heterocycles. The molecule has 4 nitrogen and oxygen atoms in total. The molecule has 3 aromatic rings. The van der Waals surface area contributed by atoms with Crippen molar-refractivity contribution in [3.63, 3.8) is 0 Å². The van der Waals surface area contributed by atoms with E-state index >= 15 is 0 Å². The molecule has 0 spiro atoms. The van der Waals surface area contributed by atoms with Crippen LogP contribution in [0.4, 0.5) is 0 Å². The van der Waals surface area contributed by atoms with Crippen molar-refractivity contribution in [2.24, 2.45) is 0 Å². The van der Waals surface area contributed by atoms with Gasteiger partial charge in [0.2, 0.25) is 5.89 Å². The molecular formula is C15H11ClN2O2S. The van der Waals surface area contributed by atoms with E-state index in [9.17, 15) is 5.21 Å². The molecule has 0 fully saturated rings. The second-order valence-electron chi connectivity index (χ2n) is 4.30.